The Hall–Kier alpha value is -3.94. The van der Waals surface area contributed by atoms with Crippen molar-refractivity contribution in [1.29, 1.82) is 0 Å². The summed E-state index contributed by atoms with van der Waals surface area (Å²) in [6, 6.07) is 5.27. The molecule has 0 bridgehead atoms. The van der Waals surface area contributed by atoms with E-state index in [1.54, 1.807) is 24.5 Å². The molecule has 7 N–H and O–H groups in total. The van der Waals surface area contributed by atoms with Gasteiger partial charge in [0.05, 0.1) is 81.3 Å². The Morgan fingerprint density at radius 3 is 2.40 bits per heavy atom. The minimum absolute atomic E-state index is 0.0176. The number of carbonyl (C=O) groups excluding carboxylic acids is 3. The number of nitrogens with zero attached hydrogens (tertiary/aromatic N) is 4. The second-order valence-electron chi connectivity index (χ2n) is 14.6. The third-order valence-corrected chi connectivity index (χ3v) is 11.5. The zero-order valence-electron chi connectivity index (χ0n) is 33.1. The van der Waals surface area contributed by atoms with E-state index in [9.17, 15) is 19.5 Å². The zero-order chi connectivity index (χ0) is 40.7. The van der Waals surface area contributed by atoms with Crippen LogP contribution in [0.3, 0.4) is 0 Å². The molecule has 314 valence electrons. The second kappa shape index (κ2) is 22.3. The number of fused-ring (bicyclic) bond motifs is 2. The lowest BCUT2D eigenvalue weighted by molar-refractivity contribution is -0.121. The summed E-state index contributed by atoms with van der Waals surface area (Å²) in [6.45, 7) is 11.0. The van der Waals surface area contributed by atoms with Gasteiger partial charge in [-0.25, -0.2) is 9.78 Å². The summed E-state index contributed by atoms with van der Waals surface area (Å²) >= 11 is 8.44. The molecule has 4 atom stereocenters. The number of nitrogens with one attached hydrogen (secondary N) is 6. The third-order valence-electron chi connectivity index (χ3n) is 9.70. The van der Waals surface area contributed by atoms with Gasteiger partial charge in [-0.15, -0.1) is 0 Å². The van der Waals surface area contributed by atoms with Gasteiger partial charge in [0, 0.05) is 42.2 Å². The smallest absolute Gasteiger partial charge is 0.315 e. The maximum atomic E-state index is 12.9. The minimum Gasteiger partial charge on any atom is -0.394 e. The lowest BCUT2D eigenvalue weighted by atomic mass is 10.0. The molecule has 4 amide bonds. The van der Waals surface area contributed by atoms with E-state index < -0.39 is 0 Å². The number of urea groups is 1. The van der Waals surface area contributed by atoms with E-state index in [-0.39, 0.29) is 59.6 Å². The maximum absolute atomic E-state index is 12.9. The molecular formula is C38H57ClN10O7S. The average molecular weight is 833 g/mol. The summed E-state index contributed by atoms with van der Waals surface area (Å²) in [5.74, 6) is 1.60. The van der Waals surface area contributed by atoms with Crippen LogP contribution in [0.15, 0.2) is 24.5 Å². The fourth-order valence-electron chi connectivity index (χ4n) is 6.45. The standard InChI is InChI=1S/C38H57ClN10O7S/c1-23(2)28(20-50)44-37-47-34(33-35(48-37)49(22-42-33)24(3)4)43-25-9-10-26(27(39)19-25)36(52)41-12-14-55-16-18-56-17-15-54-13-11-40-31(51)8-6-5-7-30-32-29(21-57-30)45-38(53)46-32/h9-10,19,22-24,28-30,32,50H,5-8,11-18,20-21H2,1-4H3,(H,40,51)(H,41,52)(H2,45,46,53)(H2,43,44,47,48)/t28-,29?,30-,32?/m1/s1. The van der Waals surface area contributed by atoms with Gasteiger partial charge in [-0.2, -0.15) is 21.7 Å². The number of hydrogen-bond donors (Lipinski definition) is 7. The van der Waals surface area contributed by atoms with Crippen molar-refractivity contribution in [2.75, 3.05) is 75.7 Å². The molecule has 4 heterocycles. The van der Waals surface area contributed by atoms with Gasteiger partial charge < -0.3 is 55.8 Å². The highest BCUT2D eigenvalue weighted by molar-refractivity contribution is 8.00. The summed E-state index contributed by atoms with van der Waals surface area (Å²) in [6.07, 6.45) is 4.97. The van der Waals surface area contributed by atoms with Crippen LogP contribution in [-0.2, 0) is 19.0 Å². The highest BCUT2D eigenvalue weighted by atomic mass is 35.5. The first-order valence-corrected chi connectivity index (χ1v) is 21.1. The number of anilines is 3. The molecule has 2 unspecified atom stereocenters. The van der Waals surface area contributed by atoms with Crippen molar-refractivity contribution in [2.45, 2.75) is 82.8 Å². The quantitative estimate of drug-likeness (QED) is 0.0478. The average Bonchev–Trinajstić information content (AvgIpc) is 3.88. The molecule has 2 aromatic heterocycles. The van der Waals surface area contributed by atoms with Gasteiger partial charge in [0.2, 0.25) is 11.9 Å². The van der Waals surface area contributed by atoms with Crippen molar-refractivity contribution in [3.8, 4) is 0 Å². The summed E-state index contributed by atoms with van der Waals surface area (Å²) < 4.78 is 18.6. The van der Waals surface area contributed by atoms with Crippen LogP contribution in [0.5, 0.6) is 0 Å². The van der Waals surface area contributed by atoms with E-state index in [1.807, 2.05) is 44.0 Å². The lowest BCUT2D eigenvalue weighted by Gasteiger charge is -2.20. The zero-order valence-corrected chi connectivity index (χ0v) is 34.7. The van der Waals surface area contributed by atoms with Crippen LogP contribution in [0.2, 0.25) is 5.02 Å². The normalized spacial score (nSPS) is 18.1. The number of imidazole rings is 1. The van der Waals surface area contributed by atoms with Crippen LogP contribution in [-0.4, -0.2) is 131 Å². The number of unbranched alkanes of at least 4 members (excludes halogenated alkanes) is 1. The van der Waals surface area contributed by atoms with Crippen LogP contribution < -0.4 is 31.9 Å². The Bertz CT molecular complexity index is 1780. The van der Waals surface area contributed by atoms with Crippen LogP contribution >= 0.6 is 23.4 Å². The van der Waals surface area contributed by atoms with E-state index in [0.717, 1.165) is 25.0 Å². The number of thioether (sulfide) groups is 1. The molecule has 5 rings (SSSR count). The van der Waals surface area contributed by atoms with Gasteiger partial charge in [-0.3, -0.25) is 9.59 Å². The summed E-state index contributed by atoms with van der Waals surface area (Å²) in [7, 11) is 0. The Morgan fingerprint density at radius 1 is 1.00 bits per heavy atom. The molecule has 0 spiro atoms. The SMILES string of the molecule is CC(C)[C@@H](CO)Nc1nc(Nc2ccc(C(=O)NCCOCCOCCOCCNC(=O)CCCC[C@H]3SCC4NC(=O)NC43)c(Cl)c2)c2ncn(C(C)C)c2n1. The monoisotopic (exact) mass is 832 g/mol. The maximum Gasteiger partial charge on any atom is 0.315 e. The number of ether oxygens (including phenoxy) is 3. The van der Waals surface area contributed by atoms with Crippen molar-refractivity contribution in [3.05, 3.63) is 35.1 Å². The Labute approximate surface area is 342 Å². The first kappa shape index (κ1) is 44.2. The summed E-state index contributed by atoms with van der Waals surface area (Å²) in [5.41, 5.74) is 2.14. The highest BCUT2D eigenvalue weighted by Gasteiger charge is 2.42. The van der Waals surface area contributed by atoms with Crippen molar-refractivity contribution in [2.24, 2.45) is 5.92 Å². The van der Waals surface area contributed by atoms with Crippen molar-refractivity contribution < 1.29 is 33.7 Å². The number of hydrogen-bond acceptors (Lipinski definition) is 13. The number of rotatable bonds is 25. The molecule has 2 fully saturated rings. The largest absolute Gasteiger partial charge is 0.394 e. The van der Waals surface area contributed by atoms with Crippen LogP contribution in [0, 0.1) is 5.92 Å². The van der Waals surface area contributed by atoms with Gasteiger partial charge in [0.1, 0.15) is 0 Å². The molecule has 2 aliphatic heterocycles. The number of carbonyl (C=O) groups is 3. The van der Waals surface area contributed by atoms with E-state index in [1.165, 1.54) is 0 Å². The predicted octanol–water partition coefficient (Wildman–Crippen LogP) is 3.85. The number of halogens is 1. The number of aliphatic hydroxyl groups excluding tert-OH is 1. The Balaban J connectivity index is 0.907. The predicted molar refractivity (Wildman–Crippen MR) is 222 cm³/mol. The van der Waals surface area contributed by atoms with Crippen LogP contribution in [0.25, 0.3) is 11.2 Å². The van der Waals surface area contributed by atoms with Crippen LogP contribution in [0.4, 0.5) is 22.2 Å². The highest BCUT2D eigenvalue weighted by Crippen LogP contribution is 2.33. The molecule has 0 saturated carbocycles. The number of aromatic nitrogens is 4. The molecule has 0 radical (unpaired) electrons. The molecule has 3 aromatic rings. The fraction of sp³-hybridized carbons (Fsp3) is 0.632. The molecule has 19 heteroatoms. The number of amides is 4. The first-order chi connectivity index (χ1) is 27.5. The number of benzene rings is 1. The van der Waals surface area contributed by atoms with E-state index >= 15 is 0 Å². The van der Waals surface area contributed by atoms with Crippen molar-refractivity contribution >= 4 is 69.8 Å². The lowest BCUT2D eigenvalue weighted by Crippen LogP contribution is -2.36. The van der Waals surface area contributed by atoms with Gasteiger partial charge in [-0.05, 0) is 50.8 Å². The van der Waals surface area contributed by atoms with Gasteiger partial charge in [0.15, 0.2) is 17.0 Å². The van der Waals surface area contributed by atoms with Gasteiger partial charge in [-0.1, -0.05) is 31.9 Å². The topological polar surface area (TPSA) is 215 Å². The summed E-state index contributed by atoms with van der Waals surface area (Å²) in [5, 5.41) is 28.7. The first-order valence-electron chi connectivity index (χ1n) is 19.7. The van der Waals surface area contributed by atoms with E-state index in [4.69, 9.17) is 30.8 Å². The van der Waals surface area contributed by atoms with E-state index in [2.05, 4.69) is 41.9 Å². The molecule has 1 aromatic carbocycles. The third kappa shape index (κ3) is 13.0. The minimum atomic E-state index is -0.328. The van der Waals surface area contributed by atoms with Crippen molar-refractivity contribution in [3.63, 3.8) is 0 Å². The summed E-state index contributed by atoms with van der Waals surface area (Å²) in [4.78, 5) is 50.4. The molecule has 17 nitrogen and oxygen atoms in total. The molecular weight excluding hydrogens is 776 g/mol. The molecule has 0 aliphatic carbocycles. The second-order valence-corrected chi connectivity index (χ2v) is 16.3. The molecule has 2 saturated heterocycles. The van der Waals surface area contributed by atoms with Gasteiger partial charge >= 0.3 is 6.03 Å². The molecule has 57 heavy (non-hydrogen) atoms. The fourth-order valence-corrected chi connectivity index (χ4v) is 8.26. The molecule has 2 aliphatic rings. The van der Waals surface area contributed by atoms with Crippen molar-refractivity contribution in [1.82, 2.24) is 40.8 Å². The Morgan fingerprint density at radius 2 is 1.72 bits per heavy atom. The van der Waals surface area contributed by atoms with Gasteiger partial charge in [0.25, 0.3) is 5.91 Å². The van der Waals surface area contributed by atoms with Crippen LogP contribution in [0.1, 0.15) is 69.8 Å². The van der Waals surface area contributed by atoms with E-state index in [0.29, 0.717) is 98.6 Å². The number of aliphatic hydroxyl groups is 1. The Kier molecular flexibility index (Phi) is 17.3.